The topological polar surface area (TPSA) is 89.7 Å². The first-order valence-electron chi connectivity index (χ1n) is 7.37. The predicted octanol–water partition coefficient (Wildman–Crippen LogP) is 1.26. The lowest BCUT2D eigenvalue weighted by Gasteiger charge is -2.23. The quantitative estimate of drug-likeness (QED) is 0.897. The van der Waals surface area contributed by atoms with Gasteiger partial charge in [0.25, 0.3) is 5.91 Å². The first kappa shape index (κ1) is 15.9. The Morgan fingerprint density at radius 2 is 2.04 bits per heavy atom. The molecule has 0 aliphatic carbocycles. The molecule has 2 aliphatic rings. The maximum Gasteiger partial charge on any atom is 0.415 e. The summed E-state index contributed by atoms with van der Waals surface area (Å²) in [5.74, 6) is 0.0872. The third-order valence-electron chi connectivity index (χ3n) is 4.25. The Kier molecular flexibility index (Phi) is 4.34. The molecule has 23 heavy (non-hydrogen) atoms. The molecule has 0 saturated carbocycles. The van der Waals surface area contributed by atoms with Crippen LogP contribution in [0.2, 0.25) is 0 Å². The molecule has 2 amide bonds. The van der Waals surface area contributed by atoms with Gasteiger partial charge in [0.1, 0.15) is 5.82 Å². The van der Waals surface area contributed by atoms with Crippen molar-refractivity contribution in [3.8, 4) is 0 Å². The largest absolute Gasteiger partial charge is 0.434 e. The molecule has 0 radical (unpaired) electrons. The third-order valence-corrected chi connectivity index (χ3v) is 5.63. The van der Waals surface area contributed by atoms with Crippen molar-refractivity contribution in [3.63, 3.8) is 0 Å². The third kappa shape index (κ3) is 3.21. The molecule has 0 spiro atoms. The highest BCUT2D eigenvalue weighted by Gasteiger charge is 2.36. The van der Waals surface area contributed by atoms with Crippen molar-refractivity contribution in [1.29, 1.82) is 0 Å². The average Bonchev–Trinajstić information content (AvgIpc) is 2.90. The van der Waals surface area contributed by atoms with E-state index in [4.69, 9.17) is 10.5 Å². The van der Waals surface area contributed by atoms with E-state index in [0.717, 1.165) is 0 Å². The van der Waals surface area contributed by atoms with E-state index in [0.29, 0.717) is 35.6 Å². The smallest absolute Gasteiger partial charge is 0.415 e. The number of halogens is 1. The standard InChI is InChI=1S/C15H17FN2O4S/c16-12-7-10(18-8-13(14(17)19)22-15(18)20)1-2-11(12)9-3-5-23(21)6-4-9/h1-2,7,9,13H,3-6,8H2,(H2,17,19). The second-order valence-corrected chi connectivity index (χ2v) is 7.41. The van der Waals surface area contributed by atoms with Gasteiger partial charge in [-0.05, 0) is 36.5 Å². The molecule has 2 saturated heterocycles. The Balaban J connectivity index is 1.78. The van der Waals surface area contributed by atoms with Crippen LogP contribution in [0.3, 0.4) is 0 Å². The fraction of sp³-hybridized carbons (Fsp3) is 0.467. The number of nitrogens with zero attached hydrogens (tertiary/aromatic N) is 1. The van der Waals surface area contributed by atoms with E-state index in [9.17, 15) is 18.2 Å². The number of rotatable bonds is 3. The van der Waals surface area contributed by atoms with Gasteiger partial charge in [-0.25, -0.2) is 9.18 Å². The molecule has 3 rings (SSSR count). The Labute approximate surface area is 135 Å². The number of nitrogens with two attached hydrogens (primary N) is 1. The molecule has 0 bridgehead atoms. The number of cyclic esters (lactones) is 1. The normalized spacial score (nSPS) is 27.8. The van der Waals surface area contributed by atoms with E-state index in [1.807, 2.05) is 0 Å². The monoisotopic (exact) mass is 340 g/mol. The maximum atomic E-state index is 14.4. The second-order valence-electron chi connectivity index (χ2n) is 5.71. The molecule has 2 heterocycles. The lowest BCUT2D eigenvalue weighted by Crippen LogP contribution is -2.32. The minimum Gasteiger partial charge on any atom is -0.434 e. The summed E-state index contributed by atoms with van der Waals surface area (Å²) in [6.07, 6.45) is -0.343. The number of primary amides is 1. The number of anilines is 1. The van der Waals surface area contributed by atoms with Crippen LogP contribution in [-0.2, 0) is 20.3 Å². The van der Waals surface area contributed by atoms with Gasteiger partial charge >= 0.3 is 6.09 Å². The highest BCUT2D eigenvalue weighted by Crippen LogP contribution is 2.32. The van der Waals surface area contributed by atoms with E-state index >= 15 is 0 Å². The minimum absolute atomic E-state index is 0.0185. The lowest BCUT2D eigenvalue weighted by molar-refractivity contribution is -0.124. The number of benzene rings is 1. The van der Waals surface area contributed by atoms with Crippen LogP contribution < -0.4 is 10.6 Å². The lowest BCUT2D eigenvalue weighted by atomic mass is 9.93. The van der Waals surface area contributed by atoms with E-state index in [-0.39, 0.29) is 12.5 Å². The zero-order valence-corrected chi connectivity index (χ0v) is 13.2. The fourth-order valence-corrected chi connectivity index (χ4v) is 4.24. The Bertz CT molecular complexity index is 671. The molecule has 6 nitrogen and oxygen atoms in total. The van der Waals surface area contributed by atoms with Crippen molar-refractivity contribution < 1.29 is 22.9 Å². The van der Waals surface area contributed by atoms with Crippen LogP contribution in [0, 0.1) is 5.82 Å². The number of ether oxygens (including phenoxy) is 1. The predicted molar refractivity (Wildman–Crippen MR) is 83.1 cm³/mol. The van der Waals surface area contributed by atoms with Gasteiger partial charge in [-0.2, -0.15) is 0 Å². The molecular weight excluding hydrogens is 323 g/mol. The highest BCUT2D eigenvalue weighted by molar-refractivity contribution is 7.85. The molecule has 2 aliphatic heterocycles. The first-order chi connectivity index (χ1) is 11.0. The van der Waals surface area contributed by atoms with Gasteiger partial charge < -0.3 is 10.5 Å². The Hall–Kier alpha value is -1.96. The van der Waals surface area contributed by atoms with Crippen molar-refractivity contribution in [2.75, 3.05) is 23.0 Å². The molecular formula is C15H17FN2O4S. The number of hydrogen-bond donors (Lipinski definition) is 1. The van der Waals surface area contributed by atoms with Gasteiger partial charge in [0, 0.05) is 22.3 Å². The van der Waals surface area contributed by atoms with Crippen molar-refractivity contribution >= 4 is 28.5 Å². The summed E-state index contributed by atoms with van der Waals surface area (Å²) in [7, 11) is -0.797. The molecule has 2 fully saturated rings. The molecule has 2 N–H and O–H groups in total. The van der Waals surface area contributed by atoms with Gasteiger partial charge in [0.05, 0.1) is 12.2 Å². The molecule has 124 valence electrons. The van der Waals surface area contributed by atoms with Gasteiger partial charge in [0.15, 0.2) is 6.10 Å². The fourth-order valence-electron chi connectivity index (χ4n) is 2.94. The van der Waals surface area contributed by atoms with Crippen molar-refractivity contribution in [2.45, 2.75) is 24.9 Å². The molecule has 1 aromatic carbocycles. The van der Waals surface area contributed by atoms with Crippen LogP contribution in [0.5, 0.6) is 0 Å². The molecule has 8 heteroatoms. The van der Waals surface area contributed by atoms with Crippen LogP contribution in [-0.4, -0.2) is 40.4 Å². The minimum atomic E-state index is -1.02. The first-order valence-corrected chi connectivity index (χ1v) is 8.86. The Morgan fingerprint density at radius 1 is 1.35 bits per heavy atom. The number of amides is 2. The molecule has 1 unspecified atom stereocenters. The average molecular weight is 340 g/mol. The summed E-state index contributed by atoms with van der Waals surface area (Å²) >= 11 is 0. The van der Waals surface area contributed by atoms with Crippen molar-refractivity contribution in [1.82, 2.24) is 0 Å². The number of carbonyl (C=O) groups excluding carboxylic acids is 2. The molecule has 0 aromatic heterocycles. The van der Waals surface area contributed by atoms with Crippen molar-refractivity contribution in [3.05, 3.63) is 29.6 Å². The van der Waals surface area contributed by atoms with Crippen LogP contribution in [0.15, 0.2) is 18.2 Å². The summed E-state index contributed by atoms with van der Waals surface area (Å²) in [4.78, 5) is 24.1. The summed E-state index contributed by atoms with van der Waals surface area (Å²) < 4.78 is 30.7. The summed E-state index contributed by atoms with van der Waals surface area (Å²) in [5, 5.41) is 0. The van der Waals surface area contributed by atoms with Gasteiger partial charge in [-0.3, -0.25) is 13.9 Å². The second kappa shape index (κ2) is 6.27. The van der Waals surface area contributed by atoms with Crippen LogP contribution in [0.4, 0.5) is 14.9 Å². The van der Waals surface area contributed by atoms with E-state index in [2.05, 4.69) is 0 Å². The number of hydrogen-bond acceptors (Lipinski definition) is 4. The van der Waals surface area contributed by atoms with Gasteiger partial charge in [-0.15, -0.1) is 0 Å². The zero-order valence-electron chi connectivity index (χ0n) is 12.4. The summed E-state index contributed by atoms with van der Waals surface area (Å²) in [6.45, 7) is -0.0185. The van der Waals surface area contributed by atoms with Crippen LogP contribution in [0.25, 0.3) is 0 Å². The zero-order chi connectivity index (χ0) is 16.6. The van der Waals surface area contributed by atoms with Crippen molar-refractivity contribution in [2.24, 2.45) is 5.73 Å². The van der Waals surface area contributed by atoms with Gasteiger partial charge in [-0.1, -0.05) is 6.07 Å². The van der Waals surface area contributed by atoms with Crippen LogP contribution in [0.1, 0.15) is 24.3 Å². The summed E-state index contributed by atoms with van der Waals surface area (Å²) in [6, 6.07) is 4.55. The molecule has 1 aromatic rings. The highest BCUT2D eigenvalue weighted by atomic mass is 32.2. The van der Waals surface area contributed by atoms with E-state index < -0.39 is 34.7 Å². The van der Waals surface area contributed by atoms with Crippen LogP contribution >= 0.6 is 0 Å². The Morgan fingerprint density at radius 3 is 2.61 bits per heavy atom. The maximum absolute atomic E-state index is 14.4. The SMILES string of the molecule is NC(=O)C1CN(c2ccc(C3CCS(=O)CC3)c(F)c2)C(=O)O1. The summed E-state index contributed by atoms with van der Waals surface area (Å²) in [5.41, 5.74) is 6.03. The number of carbonyl (C=O) groups is 2. The van der Waals surface area contributed by atoms with Gasteiger partial charge in [0.2, 0.25) is 0 Å². The molecule has 1 atom stereocenters. The van der Waals surface area contributed by atoms with E-state index in [1.54, 1.807) is 12.1 Å². The van der Waals surface area contributed by atoms with E-state index in [1.165, 1.54) is 11.0 Å².